The molecule has 0 bridgehead atoms. The number of benzene rings is 1. The highest BCUT2D eigenvalue weighted by Gasteiger charge is 2.33. The average Bonchev–Trinajstić information content (AvgIpc) is 3.08. The van der Waals surface area contributed by atoms with Crippen molar-refractivity contribution in [1.29, 1.82) is 0 Å². The van der Waals surface area contributed by atoms with E-state index in [9.17, 15) is 14.4 Å². The van der Waals surface area contributed by atoms with Crippen LogP contribution in [-0.2, 0) is 14.3 Å². The molecule has 3 heterocycles. The van der Waals surface area contributed by atoms with Gasteiger partial charge < -0.3 is 9.47 Å². The lowest BCUT2D eigenvalue weighted by Gasteiger charge is -2.24. The molecule has 2 aromatic heterocycles. The Hall–Kier alpha value is -3.85. The number of rotatable bonds is 5. The third-order valence-corrected chi connectivity index (χ3v) is 5.94. The van der Waals surface area contributed by atoms with Crippen LogP contribution in [0.15, 0.2) is 69.8 Å². The first-order valence-corrected chi connectivity index (χ1v) is 11.1. The predicted molar refractivity (Wildman–Crippen MR) is 122 cm³/mol. The van der Waals surface area contributed by atoms with Crippen molar-refractivity contribution < 1.29 is 19.1 Å². The number of carbonyl (C=O) groups is 2. The number of aromatic nitrogens is 2. The minimum atomic E-state index is -0.734. The topological polar surface area (TPSA) is 99.9 Å². The molecule has 0 spiro atoms. The van der Waals surface area contributed by atoms with Crippen molar-refractivity contribution in [3.63, 3.8) is 0 Å². The molecule has 0 N–H and O–H groups in total. The Balaban J connectivity index is 1.90. The van der Waals surface area contributed by atoms with E-state index in [1.165, 1.54) is 22.8 Å². The van der Waals surface area contributed by atoms with Gasteiger partial charge in [-0.15, -0.1) is 0 Å². The Morgan fingerprint density at radius 3 is 2.61 bits per heavy atom. The molecule has 33 heavy (non-hydrogen) atoms. The molecule has 0 saturated heterocycles. The lowest BCUT2D eigenvalue weighted by molar-refractivity contribution is -0.139. The summed E-state index contributed by atoms with van der Waals surface area (Å²) in [6, 6.07) is 9.60. The third kappa shape index (κ3) is 4.54. The summed E-state index contributed by atoms with van der Waals surface area (Å²) in [6.45, 7) is 4.96. The number of hydrogen-bond donors (Lipinski definition) is 0. The summed E-state index contributed by atoms with van der Waals surface area (Å²) in [5.74, 6) is -0.600. The lowest BCUT2D eigenvalue weighted by Crippen LogP contribution is -2.39. The van der Waals surface area contributed by atoms with Crippen molar-refractivity contribution in [2.45, 2.75) is 26.8 Å². The molecular formula is C24H21N3O5S. The molecule has 4 rings (SSSR count). The van der Waals surface area contributed by atoms with Gasteiger partial charge in [-0.25, -0.2) is 9.79 Å². The molecule has 168 valence electrons. The van der Waals surface area contributed by atoms with Crippen molar-refractivity contribution in [2.75, 3.05) is 6.61 Å². The van der Waals surface area contributed by atoms with Crippen LogP contribution in [0.3, 0.4) is 0 Å². The maximum atomic E-state index is 13.5. The molecular weight excluding hydrogens is 442 g/mol. The van der Waals surface area contributed by atoms with Crippen LogP contribution in [0.25, 0.3) is 6.08 Å². The summed E-state index contributed by atoms with van der Waals surface area (Å²) in [5.41, 5.74) is 1.95. The second-order valence-electron chi connectivity index (χ2n) is 7.25. The van der Waals surface area contributed by atoms with Gasteiger partial charge in [0.25, 0.3) is 5.56 Å². The van der Waals surface area contributed by atoms with Gasteiger partial charge in [-0.1, -0.05) is 29.5 Å². The van der Waals surface area contributed by atoms with E-state index in [0.29, 0.717) is 26.3 Å². The fourth-order valence-corrected chi connectivity index (χ4v) is 4.65. The predicted octanol–water partition coefficient (Wildman–Crippen LogP) is 2.12. The van der Waals surface area contributed by atoms with Gasteiger partial charge in [0.05, 0.1) is 28.5 Å². The highest BCUT2D eigenvalue weighted by Crippen LogP contribution is 2.31. The van der Waals surface area contributed by atoms with Crippen molar-refractivity contribution in [2.24, 2.45) is 4.99 Å². The molecule has 9 heteroatoms. The van der Waals surface area contributed by atoms with Crippen LogP contribution in [0.4, 0.5) is 0 Å². The van der Waals surface area contributed by atoms with E-state index < -0.39 is 18.0 Å². The lowest BCUT2D eigenvalue weighted by atomic mass is 9.96. The van der Waals surface area contributed by atoms with Gasteiger partial charge in [-0.2, -0.15) is 0 Å². The van der Waals surface area contributed by atoms with E-state index in [-0.39, 0.29) is 17.7 Å². The fraction of sp³-hybridized carbons (Fsp3) is 0.208. The van der Waals surface area contributed by atoms with Crippen LogP contribution >= 0.6 is 11.3 Å². The van der Waals surface area contributed by atoms with Crippen LogP contribution in [0.1, 0.15) is 37.9 Å². The minimum Gasteiger partial charge on any atom is -0.463 e. The van der Waals surface area contributed by atoms with Crippen LogP contribution in [0, 0.1) is 0 Å². The number of nitrogens with zero attached hydrogens (tertiary/aromatic N) is 3. The monoisotopic (exact) mass is 463 g/mol. The van der Waals surface area contributed by atoms with Gasteiger partial charge in [0.15, 0.2) is 4.80 Å². The molecule has 1 aliphatic heterocycles. The normalized spacial score (nSPS) is 15.6. The van der Waals surface area contributed by atoms with Gasteiger partial charge in [-0.05, 0) is 49.2 Å². The molecule has 0 saturated carbocycles. The number of thiazole rings is 1. The highest BCUT2D eigenvalue weighted by atomic mass is 32.1. The summed E-state index contributed by atoms with van der Waals surface area (Å²) in [6.07, 6.45) is 5.08. The van der Waals surface area contributed by atoms with Crippen molar-refractivity contribution >= 4 is 29.4 Å². The Bertz CT molecular complexity index is 1420. The largest absolute Gasteiger partial charge is 0.463 e. The summed E-state index contributed by atoms with van der Waals surface area (Å²) < 4.78 is 12.4. The first kappa shape index (κ1) is 22.3. The Morgan fingerprint density at radius 2 is 1.97 bits per heavy atom. The number of carbonyl (C=O) groups excluding carboxylic acids is 2. The van der Waals surface area contributed by atoms with E-state index in [2.05, 4.69) is 9.98 Å². The van der Waals surface area contributed by atoms with Gasteiger partial charge in [0.1, 0.15) is 5.75 Å². The van der Waals surface area contributed by atoms with Crippen LogP contribution in [-0.4, -0.2) is 28.1 Å². The van der Waals surface area contributed by atoms with E-state index in [1.807, 2.05) is 6.07 Å². The number of ether oxygens (including phenoxy) is 2. The molecule has 0 fully saturated rings. The Kier molecular flexibility index (Phi) is 6.32. The molecule has 0 amide bonds. The summed E-state index contributed by atoms with van der Waals surface area (Å²) in [7, 11) is 0. The van der Waals surface area contributed by atoms with Crippen molar-refractivity contribution in [3.8, 4) is 5.75 Å². The van der Waals surface area contributed by atoms with Gasteiger partial charge in [0.2, 0.25) is 0 Å². The Morgan fingerprint density at radius 1 is 1.21 bits per heavy atom. The van der Waals surface area contributed by atoms with E-state index in [0.717, 1.165) is 5.56 Å². The number of hydrogen-bond acceptors (Lipinski definition) is 8. The van der Waals surface area contributed by atoms with E-state index in [1.54, 1.807) is 62.6 Å². The maximum absolute atomic E-state index is 13.5. The zero-order valence-electron chi connectivity index (χ0n) is 18.3. The van der Waals surface area contributed by atoms with Crippen molar-refractivity contribution in [1.82, 2.24) is 9.55 Å². The molecule has 3 aromatic rings. The molecule has 0 aliphatic carbocycles. The molecule has 1 aliphatic rings. The average molecular weight is 464 g/mol. The van der Waals surface area contributed by atoms with E-state index in [4.69, 9.17) is 9.47 Å². The SMILES string of the molecule is CCOC(=O)C1=C(C)N=c2s/c(=C\c3cccnc3)c(=O)n2C1c1ccc(OC(C)=O)cc1. The first-order chi connectivity index (χ1) is 15.9. The standard InChI is InChI=1S/C24H21N3O5S/c1-4-31-23(30)20-14(2)26-24-27(21(20)17-7-9-18(10-8-17)32-15(3)28)22(29)19(33-24)12-16-6-5-11-25-13-16/h5-13,21H,4H2,1-3H3/b19-12-. The third-order valence-electron chi connectivity index (χ3n) is 4.96. The van der Waals surface area contributed by atoms with Gasteiger partial charge in [-0.3, -0.25) is 19.1 Å². The zero-order valence-corrected chi connectivity index (χ0v) is 19.1. The molecule has 0 radical (unpaired) electrons. The molecule has 1 atom stereocenters. The second-order valence-corrected chi connectivity index (χ2v) is 8.26. The quantitative estimate of drug-likeness (QED) is 0.425. The van der Waals surface area contributed by atoms with Crippen molar-refractivity contribution in [3.05, 3.63) is 90.9 Å². The number of pyridine rings is 1. The minimum absolute atomic E-state index is 0.194. The Labute approximate surface area is 193 Å². The fourth-order valence-electron chi connectivity index (χ4n) is 3.60. The number of allylic oxidation sites excluding steroid dienone is 1. The maximum Gasteiger partial charge on any atom is 0.338 e. The van der Waals surface area contributed by atoms with Crippen LogP contribution < -0.4 is 19.6 Å². The number of esters is 2. The second kappa shape index (κ2) is 9.33. The zero-order chi connectivity index (χ0) is 23.5. The van der Waals surface area contributed by atoms with Gasteiger partial charge in [0, 0.05) is 19.3 Å². The highest BCUT2D eigenvalue weighted by molar-refractivity contribution is 7.07. The van der Waals surface area contributed by atoms with Crippen LogP contribution in [0.2, 0.25) is 0 Å². The number of fused-ring (bicyclic) bond motifs is 1. The van der Waals surface area contributed by atoms with E-state index >= 15 is 0 Å². The molecule has 8 nitrogen and oxygen atoms in total. The molecule has 1 unspecified atom stereocenters. The summed E-state index contributed by atoms with van der Waals surface area (Å²) in [5, 5.41) is 0. The van der Waals surface area contributed by atoms with Gasteiger partial charge >= 0.3 is 11.9 Å². The smallest absolute Gasteiger partial charge is 0.338 e. The van der Waals surface area contributed by atoms with Crippen LogP contribution in [0.5, 0.6) is 5.75 Å². The first-order valence-electron chi connectivity index (χ1n) is 10.3. The summed E-state index contributed by atoms with van der Waals surface area (Å²) >= 11 is 1.24. The molecule has 1 aromatic carbocycles. The summed E-state index contributed by atoms with van der Waals surface area (Å²) in [4.78, 5) is 46.7.